The number of carboxylic acids is 1. The summed E-state index contributed by atoms with van der Waals surface area (Å²) in [7, 11) is 0. The van der Waals surface area contributed by atoms with Crippen molar-refractivity contribution in [1.29, 1.82) is 0 Å². The lowest BCUT2D eigenvalue weighted by atomic mass is 10.0. The predicted molar refractivity (Wildman–Crippen MR) is 105 cm³/mol. The van der Waals surface area contributed by atoms with Gasteiger partial charge in [-0.2, -0.15) is 0 Å². The number of aromatic nitrogens is 1. The molecule has 9 heteroatoms. The average molecular weight is 434 g/mol. The van der Waals surface area contributed by atoms with Crippen molar-refractivity contribution in [3.8, 4) is 22.8 Å². The van der Waals surface area contributed by atoms with E-state index in [1.54, 1.807) is 24.3 Å². The Balaban J connectivity index is 1.91. The Bertz CT molecular complexity index is 1180. The highest BCUT2D eigenvalue weighted by molar-refractivity contribution is 6.32. The molecule has 1 aliphatic rings. The van der Waals surface area contributed by atoms with Gasteiger partial charge >= 0.3 is 5.97 Å². The van der Waals surface area contributed by atoms with Crippen LogP contribution < -0.4 is 14.9 Å². The number of carboxylic acid groups (broad SMARTS) is 1. The van der Waals surface area contributed by atoms with Crippen LogP contribution in [0.5, 0.6) is 11.5 Å². The first-order valence-electron chi connectivity index (χ1n) is 8.81. The molecule has 0 fully saturated rings. The van der Waals surface area contributed by atoms with E-state index in [2.05, 4.69) is 0 Å². The third kappa shape index (κ3) is 3.61. The van der Waals surface area contributed by atoms with Crippen LogP contribution in [0.4, 0.5) is 8.78 Å². The first kappa shape index (κ1) is 19.9. The molecule has 0 saturated carbocycles. The third-order valence-electron chi connectivity index (χ3n) is 4.56. The number of benzene rings is 2. The average Bonchev–Trinajstić information content (AvgIpc) is 2.72. The van der Waals surface area contributed by atoms with Gasteiger partial charge in [0, 0.05) is 29.5 Å². The first-order valence-corrected chi connectivity index (χ1v) is 9.19. The van der Waals surface area contributed by atoms with E-state index in [0.717, 1.165) is 0 Å². The number of rotatable bonds is 5. The minimum Gasteiger partial charge on any atom is -0.486 e. The van der Waals surface area contributed by atoms with Gasteiger partial charge in [0.1, 0.15) is 23.7 Å². The number of ether oxygens (including phenoxy) is 2. The zero-order chi connectivity index (χ0) is 21.4. The lowest BCUT2D eigenvalue weighted by Gasteiger charge is -2.32. The maximum absolute atomic E-state index is 12.5. The molecule has 154 valence electrons. The molecule has 1 aromatic heterocycles. The second kappa shape index (κ2) is 7.79. The highest BCUT2D eigenvalue weighted by atomic mass is 35.5. The molecule has 30 heavy (non-hydrogen) atoms. The molecule has 0 radical (unpaired) electrons. The van der Waals surface area contributed by atoms with Gasteiger partial charge in [-0.05, 0) is 6.07 Å². The van der Waals surface area contributed by atoms with Crippen molar-refractivity contribution in [1.82, 2.24) is 4.57 Å². The topological polar surface area (TPSA) is 77.8 Å². The summed E-state index contributed by atoms with van der Waals surface area (Å²) in [5, 5.41) is 9.40. The summed E-state index contributed by atoms with van der Waals surface area (Å²) in [6, 6.07) is 13.0. The number of alkyl halides is 2. The first-order chi connectivity index (χ1) is 14.3. The van der Waals surface area contributed by atoms with Crippen molar-refractivity contribution in [2.24, 2.45) is 0 Å². The summed E-state index contributed by atoms with van der Waals surface area (Å²) in [5.74, 6) is -1.08. The second-order valence-corrected chi connectivity index (χ2v) is 6.92. The predicted octanol–water partition coefficient (Wildman–Crippen LogP) is 4.45. The van der Waals surface area contributed by atoms with E-state index < -0.39 is 36.2 Å². The highest BCUT2D eigenvalue weighted by Gasteiger charge is 2.29. The van der Waals surface area contributed by atoms with Crippen LogP contribution in [0.3, 0.4) is 0 Å². The summed E-state index contributed by atoms with van der Waals surface area (Å²) < 4.78 is 37.7. The quantitative estimate of drug-likeness (QED) is 0.643. The zero-order valence-corrected chi connectivity index (χ0v) is 16.0. The van der Waals surface area contributed by atoms with Gasteiger partial charge in [-0.1, -0.05) is 41.9 Å². The molecular weight excluding hydrogens is 420 g/mol. The smallest absolute Gasteiger partial charge is 0.341 e. The van der Waals surface area contributed by atoms with Crippen molar-refractivity contribution >= 4 is 17.6 Å². The lowest BCUT2D eigenvalue weighted by molar-refractivity contribution is 0.0692. The number of fused-ring (bicyclic) bond motifs is 3. The number of halogens is 3. The summed E-state index contributed by atoms with van der Waals surface area (Å²) in [6.07, 6.45) is -2.25. The molecule has 1 atom stereocenters. The van der Waals surface area contributed by atoms with Crippen molar-refractivity contribution in [3.05, 3.63) is 81.1 Å². The highest BCUT2D eigenvalue weighted by Crippen LogP contribution is 2.44. The minimum absolute atomic E-state index is 0.0143. The van der Waals surface area contributed by atoms with Gasteiger partial charge < -0.3 is 19.1 Å². The Morgan fingerprint density at radius 1 is 1.23 bits per heavy atom. The molecule has 2 aromatic carbocycles. The second-order valence-electron chi connectivity index (χ2n) is 6.51. The van der Waals surface area contributed by atoms with Crippen LogP contribution in [-0.4, -0.2) is 28.7 Å². The number of aromatic carboxylic acids is 1. The van der Waals surface area contributed by atoms with Crippen LogP contribution in [0.1, 0.15) is 22.1 Å². The Hall–Kier alpha value is -3.39. The van der Waals surface area contributed by atoms with Crippen LogP contribution in [-0.2, 0) is 0 Å². The van der Waals surface area contributed by atoms with Gasteiger partial charge in [0.25, 0.3) is 6.43 Å². The fraction of sp³-hybridized carbons (Fsp3) is 0.143. The van der Waals surface area contributed by atoms with Gasteiger partial charge in [-0.25, -0.2) is 13.6 Å². The zero-order valence-electron chi connectivity index (χ0n) is 15.2. The monoisotopic (exact) mass is 433 g/mol. The van der Waals surface area contributed by atoms with Gasteiger partial charge in [0.15, 0.2) is 5.43 Å². The molecule has 2 heterocycles. The Labute approximate surface area is 173 Å². The Morgan fingerprint density at radius 3 is 2.63 bits per heavy atom. The fourth-order valence-electron chi connectivity index (χ4n) is 3.24. The van der Waals surface area contributed by atoms with Crippen molar-refractivity contribution in [2.75, 3.05) is 6.61 Å². The largest absolute Gasteiger partial charge is 0.486 e. The summed E-state index contributed by atoms with van der Waals surface area (Å²) in [4.78, 5) is 23.8. The number of nitrogens with zero attached hydrogens (tertiary/aromatic N) is 1. The summed E-state index contributed by atoms with van der Waals surface area (Å²) in [5.41, 5.74) is 0.389. The van der Waals surface area contributed by atoms with E-state index in [-0.39, 0.29) is 16.5 Å². The SMILES string of the molecule is O=C(O)c1cn2c(cc1=O)-c1cc(Cl)c(OCC(F)F)cc1OC2c1ccccc1. The van der Waals surface area contributed by atoms with Gasteiger partial charge in [0.05, 0.1) is 10.7 Å². The minimum atomic E-state index is -2.68. The van der Waals surface area contributed by atoms with E-state index in [9.17, 15) is 23.5 Å². The molecule has 4 rings (SSSR count). The number of pyridine rings is 1. The normalized spacial score (nSPS) is 14.6. The molecule has 3 aromatic rings. The molecule has 1 unspecified atom stereocenters. The maximum atomic E-state index is 12.5. The lowest BCUT2D eigenvalue weighted by Crippen LogP contribution is -2.27. The standard InChI is InChI=1S/C21H14ClF2NO5/c22-14-6-12-15-7-16(26)13(21(27)28)9-25(15)20(11-4-2-1-3-5-11)30-17(12)8-18(14)29-10-19(23)24/h1-9,19-20H,10H2,(H,27,28). The van der Waals surface area contributed by atoms with Gasteiger partial charge in [0.2, 0.25) is 6.23 Å². The molecule has 1 N–H and O–H groups in total. The van der Waals surface area contributed by atoms with E-state index in [4.69, 9.17) is 21.1 Å². The van der Waals surface area contributed by atoms with Crippen molar-refractivity contribution in [3.63, 3.8) is 0 Å². The molecule has 1 aliphatic heterocycles. The number of carbonyl (C=O) groups is 1. The number of hydrogen-bond donors (Lipinski definition) is 1. The number of hydrogen-bond acceptors (Lipinski definition) is 4. The summed E-state index contributed by atoms with van der Waals surface area (Å²) in [6.45, 7) is -0.835. The van der Waals surface area contributed by atoms with E-state index in [1.165, 1.54) is 29.0 Å². The van der Waals surface area contributed by atoms with E-state index >= 15 is 0 Å². The van der Waals surface area contributed by atoms with Gasteiger partial charge in [-0.3, -0.25) is 4.79 Å². The molecule has 0 spiro atoms. The van der Waals surface area contributed by atoms with E-state index in [0.29, 0.717) is 16.8 Å². The van der Waals surface area contributed by atoms with E-state index in [1.807, 2.05) is 6.07 Å². The molecule has 0 saturated heterocycles. The molecular formula is C21H14ClF2NO5. The Kier molecular flexibility index (Phi) is 5.17. The molecule has 0 amide bonds. The van der Waals surface area contributed by atoms with Crippen LogP contribution in [0, 0.1) is 0 Å². The summed E-state index contributed by atoms with van der Waals surface area (Å²) >= 11 is 6.18. The van der Waals surface area contributed by atoms with Crippen molar-refractivity contribution in [2.45, 2.75) is 12.7 Å². The molecule has 6 nitrogen and oxygen atoms in total. The molecule has 0 bridgehead atoms. The van der Waals surface area contributed by atoms with Gasteiger partial charge in [-0.15, -0.1) is 0 Å². The third-order valence-corrected chi connectivity index (χ3v) is 4.86. The maximum Gasteiger partial charge on any atom is 0.341 e. The van der Waals surface area contributed by atoms with Crippen LogP contribution in [0.2, 0.25) is 5.02 Å². The van der Waals surface area contributed by atoms with Crippen LogP contribution >= 0.6 is 11.6 Å². The van der Waals surface area contributed by atoms with Crippen LogP contribution in [0.25, 0.3) is 11.3 Å². The Morgan fingerprint density at radius 2 is 1.97 bits per heavy atom. The van der Waals surface area contributed by atoms with Crippen LogP contribution in [0.15, 0.2) is 59.5 Å². The fourth-order valence-corrected chi connectivity index (χ4v) is 3.46. The van der Waals surface area contributed by atoms with Crippen molar-refractivity contribution < 1.29 is 28.2 Å². The molecule has 0 aliphatic carbocycles.